The first kappa shape index (κ1) is 18.1. The molecule has 6 heteroatoms. The van der Waals surface area contributed by atoms with Gasteiger partial charge in [0.05, 0.1) is 12.5 Å². The van der Waals surface area contributed by atoms with Gasteiger partial charge in [0.1, 0.15) is 11.9 Å². The van der Waals surface area contributed by atoms with Gasteiger partial charge in [0.2, 0.25) is 0 Å². The molecule has 2 rings (SSSR count). The van der Waals surface area contributed by atoms with Gasteiger partial charge in [-0.25, -0.2) is 4.79 Å². The van der Waals surface area contributed by atoms with Gasteiger partial charge in [0.15, 0.2) is 0 Å². The van der Waals surface area contributed by atoms with Gasteiger partial charge >= 0.3 is 12.0 Å². The Morgan fingerprint density at radius 3 is 2.50 bits per heavy atom. The van der Waals surface area contributed by atoms with Crippen molar-refractivity contribution in [3.05, 3.63) is 29.8 Å². The van der Waals surface area contributed by atoms with Crippen LogP contribution in [0.2, 0.25) is 0 Å². The van der Waals surface area contributed by atoms with Gasteiger partial charge in [-0.15, -0.1) is 0 Å². The van der Waals surface area contributed by atoms with Gasteiger partial charge < -0.3 is 20.1 Å². The largest absolute Gasteiger partial charge is 0.489 e. The molecule has 2 N–H and O–H groups in total. The highest BCUT2D eigenvalue weighted by Gasteiger charge is 2.30. The normalized spacial score (nSPS) is 18.5. The maximum atomic E-state index is 12.1. The number of nitrogens with zero attached hydrogens (tertiary/aromatic N) is 1. The molecule has 1 fully saturated rings. The third kappa shape index (κ3) is 4.88. The van der Waals surface area contributed by atoms with Gasteiger partial charge in [-0.05, 0) is 37.0 Å². The van der Waals surface area contributed by atoms with Crippen molar-refractivity contribution >= 4 is 12.0 Å². The van der Waals surface area contributed by atoms with Crippen LogP contribution in [0.1, 0.15) is 38.7 Å². The fourth-order valence-corrected chi connectivity index (χ4v) is 2.69. The van der Waals surface area contributed by atoms with Crippen molar-refractivity contribution in [2.24, 2.45) is 5.92 Å². The zero-order valence-corrected chi connectivity index (χ0v) is 14.5. The summed E-state index contributed by atoms with van der Waals surface area (Å²) in [4.78, 5) is 24.5. The van der Waals surface area contributed by atoms with Crippen molar-refractivity contribution in [2.45, 2.75) is 39.2 Å². The van der Waals surface area contributed by atoms with Crippen molar-refractivity contribution in [2.75, 3.05) is 19.6 Å². The van der Waals surface area contributed by atoms with Crippen molar-refractivity contribution in [1.82, 2.24) is 10.2 Å². The molecule has 1 saturated heterocycles. The highest BCUT2D eigenvalue weighted by atomic mass is 16.5. The molecule has 0 bridgehead atoms. The number of nitrogens with one attached hydrogen (secondary N) is 1. The second-order valence-corrected chi connectivity index (χ2v) is 6.61. The molecule has 1 aromatic carbocycles. The molecule has 0 aliphatic carbocycles. The number of hydrogen-bond donors (Lipinski definition) is 2. The minimum Gasteiger partial charge on any atom is -0.489 e. The highest BCUT2D eigenvalue weighted by molar-refractivity contribution is 5.77. The SMILES string of the molecule is CC(CNC(=O)N1CCC(C(=O)O)C1)Oc1ccc(C(C)C)cc1. The molecule has 1 aliphatic rings. The summed E-state index contributed by atoms with van der Waals surface area (Å²) in [6, 6.07) is 7.73. The number of carbonyl (C=O) groups excluding carboxylic acids is 1. The number of aliphatic carboxylic acids is 1. The third-order valence-electron chi connectivity index (χ3n) is 4.25. The predicted molar refractivity (Wildman–Crippen MR) is 91.3 cm³/mol. The van der Waals surface area contributed by atoms with Crippen LogP contribution in [0.3, 0.4) is 0 Å². The van der Waals surface area contributed by atoms with Crippen LogP contribution < -0.4 is 10.1 Å². The summed E-state index contributed by atoms with van der Waals surface area (Å²) in [5.74, 6) is -0.0464. The molecule has 0 spiro atoms. The molecule has 0 saturated carbocycles. The fourth-order valence-electron chi connectivity index (χ4n) is 2.69. The minimum atomic E-state index is -0.841. The second-order valence-electron chi connectivity index (χ2n) is 6.61. The van der Waals surface area contributed by atoms with Crippen molar-refractivity contribution in [3.63, 3.8) is 0 Å². The Hall–Kier alpha value is -2.24. The highest BCUT2D eigenvalue weighted by Crippen LogP contribution is 2.19. The summed E-state index contributed by atoms with van der Waals surface area (Å²) in [5, 5.41) is 11.8. The molecule has 24 heavy (non-hydrogen) atoms. The van der Waals surface area contributed by atoms with Gasteiger partial charge in [0.25, 0.3) is 0 Å². The molecular formula is C18H26N2O4. The molecule has 2 unspecified atom stereocenters. The lowest BCUT2D eigenvalue weighted by atomic mass is 10.0. The Morgan fingerprint density at radius 1 is 1.29 bits per heavy atom. The molecule has 1 aromatic rings. The maximum absolute atomic E-state index is 12.1. The summed E-state index contributed by atoms with van der Waals surface area (Å²) < 4.78 is 5.79. The van der Waals surface area contributed by atoms with E-state index in [9.17, 15) is 9.59 Å². The number of carbonyl (C=O) groups is 2. The molecule has 1 heterocycles. The van der Waals surface area contributed by atoms with Crippen LogP contribution in [0.15, 0.2) is 24.3 Å². The van der Waals surface area contributed by atoms with Crippen LogP contribution in [0.5, 0.6) is 5.75 Å². The van der Waals surface area contributed by atoms with Crippen molar-refractivity contribution < 1.29 is 19.4 Å². The van der Waals surface area contributed by atoms with Crippen LogP contribution in [0, 0.1) is 5.92 Å². The Balaban J connectivity index is 1.75. The van der Waals surface area contributed by atoms with E-state index in [-0.39, 0.29) is 18.7 Å². The van der Waals surface area contributed by atoms with E-state index in [0.29, 0.717) is 25.4 Å². The topological polar surface area (TPSA) is 78.9 Å². The average molecular weight is 334 g/mol. The Bertz CT molecular complexity index is 571. The van der Waals surface area contributed by atoms with Crippen molar-refractivity contribution in [3.8, 4) is 5.75 Å². The molecule has 6 nitrogen and oxygen atoms in total. The third-order valence-corrected chi connectivity index (χ3v) is 4.25. The maximum Gasteiger partial charge on any atom is 0.317 e. The first-order chi connectivity index (χ1) is 11.4. The van der Waals surface area contributed by atoms with E-state index in [0.717, 1.165) is 5.75 Å². The smallest absolute Gasteiger partial charge is 0.317 e. The van der Waals surface area contributed by atoms with E-state index < -0.39 is 11.9 Å². The molecule has 0 aromatic heterocycles. The summed E-state index contributed by atoms with van der Waals surface area (Å²) in [6.45, 7) is 7.30. The molecule has 0 radical (unpaired) electrons. The number of rotatable bonds is 6. The minimum absolute atomic E-state index is 0.170. The summed E-state index contributed by atoms with van der Waals surface area (Å²) in [7, 11) is 0. The van der Waals surface area contributed by atoms with E-state index in [1.807, 2.05) is 31.2 Å². The summed E-state index contributed by atoms with van der Waals surface area (Å²) >= 11 is 0. The Labute approximate surface area is 142 Å². The Kier molecular flexibility index (Phi) is 6.06. The number of carboxylic acid groups (broad SMARTS) is 1. The van der Waals surface area contributed by atoms with E-state index in [2.05, 4.69) is 19.2 Å². The summed E-state index contributed by atoms with van der Waals surface area (Å²) in [5.41, 5.74) is 1.25. The zero-order chi connectivity index (χ0) is 17.7. The fraction of sp³-hybridized carbons (Fsp3) is 0.556. The van der Waals surface area contributed by atoms with E-state index >= 15 is 0 Å². The molecule has 2 amide bonds. The van der Waals surface area contributed by atoms with Crippen LogP contribution in [-0.4, -0.2) is 47.7 Å². The number of likely N-dealkylation sites (tertiary alicyclic amines) is 1. The Morgan fingerprint density at radius 2 is 1.96 bits per heavy atom. The lowest BCUT2D eigenvalue weighted by molar-refractivity contribution is -0.141. The zero-order valence-electron chi connectivity index (χ0n) is 14.5. The lowest BCUT2D eigenvalue weighted by Crippen LogP contribution is -2.42. The number of ether oxygens (including phenoxy) is 1. The van der Waals surface area contributed by atoms with Crippen LogP contribution in [0.4, 0.5) is 4.79 Å². The number of hydrogen-bond acceptors (Lipinski definition) is 3. The van der Waals surface area contributed by atoms with Crippen molar-refractivity contribution in [1.29, 1.82) is 0 Å². The van der Waals surface area contributed by atoms with Crippen LogP contribution in [-0.2, 0) is 4.79 Å². The van der Waals surface area contributed by atoms with E-state index in [1.54, 1.807) is 4.90 Å². The van der Waals surface area contributed by atoms with Gasteiger partial charge in [0, 0.05) is 13.1 Å². The molecular weight excluding hydrogens is 308 g/mol. The first-order valence-electron chi connectivity index (χ1n) is 8.39. The second kappa shape index (κ2) is 8.04. The lowest BCUT2D eigenvalue weighted by Gasteiger charge is -2.20. The molecule has 1 aliphatic heterocycles. The van der Waals surface area contributed by atoms with Gasteiger partial charge in [-0.2, -0.15) is 0 Å². The number of amides is 2. The summed E-state index contributed by atoms with van der Waals surface area (Å²) in [6.07, 6.45) is 0.341. The van der Waals surface area contributed by atoms with Crippen LogP contribution in [0.25, 0.3) is 0 Å². The number of carboxylic acids is 1. The monoisotopic (exact) mass is 334 g/mol. The average Bonchev–Trinajstić information content (AvgIpc) is 3.03. The van der Waals surface area contributed by atoms with Gasteiger partial charge in [-0.3, -0.25) is 4.79 Å². The predicted octanol–water partition coefficient (Wildman–Crippen LogP) is 2.69. The van der Waals surface area contributed by atoms with E-state index in [1.165, 1.54) is 5.56 Å². The quantitative estimate of drug-likeness (QED) is 0.838. The molecule has 132 valence electrons. The van der Waals surface area contributed by atoms with Gasteiger partial charge in [-0.1, -0.05) is 26.0 Å². The number of benzene rings is 1. The van der Waals surface area contributed by atoms with E-state index in [4.69, 9.17) is 9.84 Å². The standard InChI is InChI=1S/C18H26N2O4/c1-12(2)14-4-6-16(7-5-14)24-13(3)10-19-18(23)20-9-8-15(11-20)17(21)22/h4-7,12-13,15H,8-11H2,1-3H3,(H,19,23)(H,21,22). The first-order valence-corrected chi connectivity index (χ1v) is 8.39. The molecule has 2 atom stereocenters. The number of urea groups is 1. The van der Waals surface area contributed by atoms with Crippen LogP contribution >= 0.6 is 0 Å².